The fraction of sp³-hybridized carbons (Fsp3) is 0.0909. The highest BCUT2D eigenvalue weighted by molar-refractivity contribution is 6.67. The molecule has 0 saturated heterocycles. The van der Waals surface area contributed by atoms with Crippen molar-refractivity contribution < 1.29 is 0 Å². The summed E-state index contributed by atoms with van der Waals surface area (Å²) in [6.45, 7) is 0. The number of benzene rings is 1. The number of rotatable bonds is 2. The highest BCUT2D eigenvalue weighted by Crippen LogP contribution is 2.43. The summed E-state index contributed by atoms with van der Waals surface area (Å²) in [5, 5.41) is 3.45. The highest BCUT2D eigenvalue weighted by Gasteiger charge is 2.30. The molecule has 0 radical (unpaired) electrons. The van der Waals surface area contributed by atoms with Crippen LogP contribution in [0.5, 0.6) is 0 Å². The molecule has 0 amide bonds. The number of alkyl halides is 3. The molecule has 0 aliphatic rings. The summed E-state index contributed by atoms with van der Waals surface area (Å²) in [6.07, 6.45) is 0. The number of anilines is 2. The summed E-state index contributed by atoms with van der Waals surface area (Å²) in [6, 6.07) is 6.95. The second-order valence-corrected chi connectivity index (χ2v) is 7.07. The van der Waals surface area contributed by atoms with Gasteiger partial charge in [-0.25, -0.2) is 4.98 Å². The monoisotopic (exact) mass is 389 g/mol. The van der Waals surface area contributed by atoms with Gasteiger partial charge in [-0.2, -0.15) is 4.98 Å². The van der Waals surface area contributed by atoms with Crippen molar-refractivity contribution in [2.75, 3.05) is 5.32 Å². The molecule has 2 aromatic rings. The average molecular weight is 392 g/mol. The summed E-state index contributed by atoms with van der Waals surface area (Å²) in [7, 11) is 0. The Hall–Kier alpha value is -0.160. The second kappa shape index (κ2) is 6.30. The van der Waals surface area contributed by atoms with Crippen molar-refractivity contribution in [1.29, 1.82) is 0 Å². The lowest BCUT2D eigenvalue weighted by Gasteiger charge is -2.15. The van der Waals surface area contributed by atoms with Crippen LogP contribution in [0.1, 0.15) is 5.69 Å². The first kappa shape index (κ1) is 16.2. The topological polar surface area (TPSA) is 37.8 Å². The van der Waals surface area contributed by atoms with E-state index in [1.165, 1.54) is 0 Å². The molecule has 0 saturated carbocycles. The lowest BCUT2D eigenvalue weighted by atomic mass is 10.3. The quantitative estimate of drug-likeness (QED) is 0.503. The Morgan fingerprint density at radius 3 is 2.30 bits per heavy atom. The molecular weight excluding hydrogens is 387 g/mol. The zero-order chi connectivity index (χ0) is 14.9. The van der Waals surface area contributed by atoms with Gasteiger partial charge in [0.1, 0.15) is 10.7 Å². The molecule has 9 heteroatoms. The maximum Gasteiger partial charge on any atom is 0.234 e. The maximum absolute atomic E-state index is 6.12. The zero-order valence-corrected chi connectivity index (χ0v) is 14.0. The molecular formula is C11H5Cl6N3. The van der Waals surface area contributed by atoms with Crippen LogP contribution >= 0.6 is 69.6 Å². The van der Waals surface area contributed by atoms with Crippen LogP contribution in [-0.2, 0) is 3.79 Å². The van der Waals surface area contributed by atoms with E-state index in [9.17, 15) is 0 Å². The Morgan fingerprint density at radius 2 is 1.70 bits per heavy atom. The molecule has 1 heterocycles. The first-order valence-corrected chi connectivity index (χ1v) is 7.37. The SMILES string of the molecule is Clc1cccc(Nc2nc(Cl)nc(C(Cl)(Cl)Cl)c2Cl)c1. The zero-order valence-electron chi connectivity index (χ0n) is 9.47. The van der Waals surface area contributed by atoms with E-state index < -0.39 is 3.79 Å². The van der Waals surface area contributed by atoms with E-state index in [0.717, 1.165) is 0 Å². The Balaban J connectivity index is 2.45. The van der Waals surface area contributed by atoms with Gasteiger partial charge in [-0.15, -0.1) is 0 Å². The Bertz CT molecular complexity index is 641. The number of hydrogen-bond acceptors (Lipinski definition) is 3. The van der Waals surface area contributed by atoms with Crippen molar-refractivity contribution in [3.05, 3.63) is 45.3 Å². The number of halogens is 6. The van der Waals surface area contributed by atoms with E-state index in [2.05, 4.69) is 15.3 Å². The normalized spacial score (nSPS) is 11.5. The average Bonchev–Trinajstić information content (AvgIpc) is 2.32. The maximum atomic E-state index is 6.12. The number of nitrogens with one attached hydrogen (secondary N) is 1. The fourth-order valence-electron chi connectivity index (χ4n) is 1.39. The molecule has 0 aliphatic heterocycles. The van der Waals surface area contributed by atoms with Crippen molar-refractivity contribution >= 4 is 81.1 Å². The highest BCUT2D eigenvalue weighted by atomic mass is 35.6. The van der Waals surface area contributed by atoms with Gasteiger partial charge in [0.2, 0.25) is 9.08 Å². The molecule has 3 nitrogen and oxygen atoms in total. The van der Waals surface area contributed by atoms with Gasteiger partial charge < -0.3 is 5.32 Å². The van der Waals surface area contributed by atoms with Crippen LogP contribution in [0.3, 0.4) is 0 Å². The Labute approximate surface area is 145 Å². The second-order valence-electron chi connectivity index (χ2n) is 3.64. The lowest BCUT2D eigenvalue weighted by Crippen LogP contribution is -2.08. The summed E-state index contributed by atoms with van der Waals surface area (Å²) in [4.78, 5) is 7.79. The minimum atomic E-state index is -1.81. The Morgan fingerprint density at radius 1 is 1.00 bits per heavy atom. The van der Waals surface area contributed by atoms with E-state index in [-0.39, 0.29) is 21.8 Å². The molecule has 1 aromatic carbocycles. The van der Waals surface area contributed by atoms with Crippen LogP contribution in [0.25, 0.3) is 0 Å². The van der Waals surface area contributed by atoms with E-state index in [0.29, 0.717) is 10.7 Å². The van der Waals surface area contributed by atoms with Crippen molar-refractivity contribution in [3.8, 4) is 0 Å². The minimum Gasteiger partial charge on any atom is -0.339 e. The van der Waals surface area contributed by atoms with Crippen LogP contribution in [-0.4, -0.2) is 9.97 Å². The summed E-state index contributed by atoms with van der Waals surface area (Å²) in [5.74, 6) is 0.218. The molecule has 20 heavy (non-hydrogen) atoms. The third kappa shape index (κ3) is 3.94. The van der Waals surface area contributed by atoms with Gasteiger partial charge >= 0.3 is 0 Å². The van der Waals surface area contributed by atoms with E-state index in [1.54, 1.807) is 24.3 Å². The van der Waals surface area contributed by atoms with Crippen LogP contribution in [0, 0.1) is 0 Å². The molecule has 106 valence electrons. The van der Waals surface area contributed by atoms with Crippen LogP contribution in [0.2, 0.25) is 15.3 Å². The Kier molecular flexibility index (Phi) is 5.11. The van der Waals surface area contributed by atoms with Crippen LogP contribution < -0.4 is 5.32 Å². The van der Waals surface area contributed by atoms with Crippen molar-refractivity contribution in [2.45, 2.75) is 3.79 Å². The first-order chi connectivity index (χ1) is 9.27. The molecule has 0 aliphatic carbocycles. The largest absolute Gasteiger partial charge is 0.339 e. The third-order valence-corrected chi connectivity index (χ3v) is 3.48. The molecule has 0 spiro atoms. The van der Waals surface area contributed by atoms with Gasteiger partial charge in [0, 0.05) is 10.7 Å². The van der Waals surface area contributed by atoms with Gasteiger partial charge in [-0.3, -0.25) is 0 Å². The van der Waals surface area contributed by atoms with Crippen molar-refractivity contribution in [1.82, 2.24) is 9.97 Å². The number of nitrogens with zero attached hydrogens (tertiary/aromatic N) is 2. The molecule has 2 rings (SSSR count). The summed E-state index contributed by atoms with van der Waals surface area (Å²) >= 11 is 35.2. The van der Waals surface area contributed by atoms with Crippen molar-refractivity contribution in [3.63, 3.8) is 0 Å². The predicted molar refractivity (Wildman–Crippen MR) is 86.0 cm³/mol. The minimum absolute atomic E-state index is 0.00584. The van der Waals surface area contributed by atoms with E-state index in [1.807, 2.05) is 0 Å². The molecule has 1 N–H and O–H groups in total. The fourth-order valence-corrected chi connectivity index (χ4v) is 2.58. The van der Waals surface area contributed by atoms with Crippen LogP contribution in [0.15, 0.2) is 24.3 Å². The third-order valence-electron chi connectivity index (χ3n) is 2.18. The van der Waals surface area contributed by atoms with Gasteiger partial charge in [0.15, 0.2) is 5.82 Å². The lowest BCUT2D eigenvalue weighted by molar-refractivity contribution is 1.04. The molecule has 1 aromatic heterocycles. The van der Waals surface area contributed by atoms with Gasteiger partial charge in [0.25, 0.3) is 0 Å². The smallest absolute Gasteiger partial charge is 0.234 e. The molecule has 0 unspecified atom stereocenters. The van der Waals surface area contributed by atoms with Gasteiger partial charge in [0.05, 0.1) is 0 Å². The standard InChI is InChI=1S/C11H5Cl6N3/c12-5-2-1-3-6(4-5)18-9-7(13)8(11(15,16)17)19-10(14)20-9/h1-4H,(H,18,19,20). The van der Waals surface area contributed by atoms with Gasteiger partial charge in [-0.05, 0) is 29.8 Å². The number of hydrogen-bond donors (Lipinski definition) is 1. The van der Waals surface area contributed by atoms with E-state index in [4.69, 9.17) is 69.6 Å². The molecule has 0 atom stereocenters. The predicted octanol–water partition coefficient (Wildman–Crippen LogP) is 6.01. The van der Waals surface area contributed by atoms with Gasteiger partial charge in [-0.1, -0.05) is 64.1 Å². The first-order valence-electron chi connectivity index (χ1n) is 5.10. The molecule has 0 fully saturated rings. The van der Waals surface area contributed by atoms with Crippen molar-refractivity contribution in [2.24, 2.45) is 0 Å². The summed E-state index contributed by atoms with van der Waals surface area (Å²) in [5.41, 5.74) is 0.651. The van der Waals surface area contributed by atoms with E-state index >= 15 is 0 Å². The summed E-state index contributed by atoms with van der Waals surface area (Å²) < 4.78 is -1.81. The number of aromatic nitrogens is 2. The van der Waals surface area contributed by atoms with Crippen LogP contribution in [0.4, 0.5) is 11.5 Å². The molecule has 0 bridgehead atoms.